The molecule has 88 valence electrons. The van der Waals surface area contributed by atoms with E-state index in [1.54, 1.807) is 0 Å². The number of fused-ring (bicyclic) bond motifs is 1. The quantitative estimate of drug-likeness (QED) is 0.851. The molecule has 1 unspecified atom stereocenters. The average molecular weight is 227 g/mol. The van der Waals surface area contributed by atoms with Crippen molar-refractivity contribution in [3.05, 3.63) is 42.5 Å². The van der Waals surface area contributed by atoms with E-state index in [0.717, 1.165) is 25.3 Å². The third kappa shape index (κ3) is 2.27. The second kappa shape index (κ2) is 4.76. The molecular formula is C15H17NO. The monoisotopic (exact) mass is 227 g/mol. The summed E-state index contributed by atoms with van der Waals surface area (Å²) in [4.78, 5) is 0. The number of nitrogens with one attached hydrogen (secondary N) is 1. The highest BCUT2D eigenvalue weighted by Crippen LogP contribution is 2.26. The lowest BCUT2D eigenvalue weighted by molar-refractivity contribution is 0.169. The normalized spacial score (nSPS) is 20.4. The Morgan fingerprint density at radius 1 is 1.06 bits per heavy atom. The van der Waals surface area contributed by atoms with Gasteiger partial charge in [-0.2, -0.15) is 0 Å². The summed E-state index contributed by atoms with van der Waals surface area (Å²) in [7, 11) is 0. The van der Waals surface area contributed by atoms with Crippen LogP contribution in [0.4, 0.5) is 0 Å². The van der Waals surface area contributed by atoms with E-state index in [-0.39, 0.29) is 0 Å². The fraction of sp³-hybridized carbons (Fsp3) is 0.333. The molecule has 1 saturated heterocycles. The van der Waals surface area contributed by atoms with Crippen LogP contribution in [-0.4, -0.2) is 19.2 Å². The molecule has 1 fully saturated rings. The smallest absolute Gasteiger partial charge is 0.127 e. The summed E-state index contributed by atoms with van der Waals surface area (Å²) in [5, 5.41) is 5.83. The van der Waals surface area contributed by atoms with E-state index in [1.807, 2.05) is 0 Å². The van der Waals surface area contributed by atoms with Crippen molar-refractivity contribution in [3.8, 4) is 5.75 Å². The third-order valence-corrected chi connectivity index (χ3v) is 3.29. The lowest BCUT2D eigenvalue weighted by Crippen LogP contribution is -2.37. The van der Waals surface area contributed by atoms with Crippen molar-refractivity contribution in [1.82, 2.24) is 5.32 Å². The maximum absolute atomic E-state index is 6.11. The molecule has 1 aliphatic rings. The first-order valence-corrected chi connectivity index (χ1v) is 6.28. The van der Waals surface area contributed by atoms with Crippen molar-refractivity contribution < 1.29 is 4.74 Å². The van der Waals surface area contributed by atoms with E-state index >= 15 is 0 Å². The second-order valence-electron chi connectivity index (χ2n) is 4.56. The Labute approximate surface area is 102 Å². The van der Waals surface area contributed by atoms with Gasteiger partial charge in [-0.25, -0.2) is 0 Å². The fourth-order valence-corrected chi connectivity index (χ4v) is 2.40. The number of benzene rings is 2. The first kappa shape index (κ1) is 10.6. The highest BCUT2D eigenvalue weighted by Gasteiger charge is 2.15. The Morgan fingerprint density at radius 2 is 1.94 bits per heavy atom. The second-order valence-corrected chi connectivity index (χ2v) is 4.56. The van der Waals surface area contributed by atoms with Gasteiger partial charge < -0.3 is 10.1 Å². The number of hydrogen-bond acceptors (Lipinski definition) is 2. The molecular weight excluding hydrogens is 210 g/mol. The molecule has 0 aromatic heterocycles. The Kier molecular flexibility index (Phi) is 2.97. The average Bonchev–Trinajstić information content (AvgIpc) is 2.40. The topological polar surface area (TPSA) is 21.3 Å². The molecule has 2 heteroatoms. The molecule has 0 spiro atoms. The Morgan fingerprint density at radius 3 is 2.82 bits per heavy atom. The van der Waals surface area contributed by atoms with Crippen molar-refractivity contribution in [1.29, 1.82) is 0 Å². The maximum Gasteiger partial charge on any atom is 0.127 e. The predicted molar refractivity (Wildman–Crippen MR) is 70.5 cm³/mol. The summed E-state index contributed by atoms with van der Waals surface area (Å²) in [6.07, 6.45) is 2.67. The highest BCUT2D eigenvalue weighted by molar-refractivity contribution is 5.88. The summed E-state index contributed by atoms with van der Waals surface area (Å²) in [6.45, 7) is 2.08. The molecule has 0 radical (unpaired) electrons. The SMILES string of the molecule is c1ccc2c(OC3CCCNC3)cccc2c1. The van der Waals surface area contributed by atoms with Gasteiger partial charge in [0.05, 0.1) is 0 Å². The van der Waals surface area contributed by atoms with Gasteiger partial charge in [0.25, 0.3) is 0 Å². The summed E-state index contributed by atoms with van der Waals surface area (Å²) < 4.78 is 6.11. The number of piperidine rings is 1. The zero-order chi connectivity index (χ0) is 11.5. The number of hydrogen-bond donors (Lipinski definition) is 1. The molecule has 0 saturated carbocycles. The van der Waals surface area contributed by atoms with Crippen molar-refractivity contribution in [2.24, 2.45) is 0 Å². The predicted octanol–water partition coefficient (Wildman–Crippen LogP) is 2.97. The summed E-state index contributed by atoms with van der Waals surface area (Å²) in [6, 6.07) is 14.6. The van der Waals surface area contributed by atoms with E-state index in [4.69, 9.17) is 4.74 Å². The molecule has 1 heterocycles. The van der Waals surface area contributed by atoms with Crippen LogP contribution < -0.4 is 10.1 Å². The lowest BCUT2D eigenvalue weighted by Gasteiger charge is -2.24. The van der Waals surface area contributed by atoms with E-state index < -0.39 is 0 Å². The molecule has 0 bridgehead atoms. The fourth-order valence-electron chi connectivity index (χ4n) is 2.40. The Bertz CT molecular complexity index is 498. The maximum atomic E-state index is 6.11. The van der Waals surface area contributed by atoms with Gasteiger partial charge in [0.2, 0.25) is 0 Å². The van der Waals surface area contributed by atoms with Crippen LogP contribution >= 0.6 is 0 Å². The van der Waals surface area contributed by atoms with Crippen LogP contribution in [-0.2, 0) is 0 Å². The molecule has 1 atom stereocenters. The van der Waals surface area contributed by atoms with Gasteiger partial charge in [-0.15, -0.1) is 0 Å². The molecule has 1 N–H and O–H groups in total. The van der Waals surface area contributed by atoms with Gasteiger partial charge in [-0.05, 0) is 30.8 Å². The van der Waals surface area contributed by atoms with Crippen molar-refractivity contribution in [2.45, 2.75) is 18.9 Å². The molecule has 0 aliphatic carbocycles. The van der Waals surface area contributed by atoms with Crippen molar-refractivity contribution in [3.63, 3.8) is 0 Å². The molecule has 17 heavy (non-hydrogen) atoms. The number of rotatable bonds is 2. The first-order chi connectivity index (χ1) is 8.43. The van der Waals surface area contributed by atoms with Crippen LogP contribution in [0.1, 0.15) is 12.8 Å². The lowest BCUT2D eigenvalue weighted by atomic mass is 10.1. The minimum absolute atomic E-state index is 0.314. The molecule has 1 aliphatic heterocycles. The van der Waals surface area contributed by atoms with Gasteiger partial charge in [0.15, 0.2) is 0 Å². The highest BCUT2D eigenvalue weighted by atomic mass is 16.5. The largest absolute Gasteiger partial charge is 0.488 e. The van der Waals surface area contributed by atoms with Gasteiger partial charge in [0, 0.05) is 11.9 Å². The van der Waals surface area contributed by atoms with Crippen molar-refractivity contribution in [2.75, 3.05) is 13.1 Å². The number of ether oxygens (including phenoxy) is 1. The van der Waals surface area contributed by atoms with E-state index in [9.17, 15) is 0 Å². The van der Waals surface area contributed by atoms with Crippen LogP contribution in [0.25, 0.3) is 10.8 Å². The third-order valence-electron chi connectivity index (χ3n) is 3.29. The minimum Gasteiger partial charge on any atom is -0.488 e. The minimum atomic E-state index is 0.314. The summed E-state index contributed by atoms with van der Waals surface area (Å²) in [5.74, 6) is 1.01. The van der Waals surface area contributed by atoms with Crippen LogP contribution in [0.15, 0.2) is 42.5 Å². The summed E-state index contributed by atoms with van der Waals surface area (Å²) >= 11 is 0. The van der Waals surface area contributed by atoms with Crippen molar-refractivity contribution >= 4 is 10.8 Å². The van der Waals surface area contributed by atoms with Gasteiger partial charge in [-0.3, -0.25) is 0 Å². The van der Waals surface area contributed by atoms with Gasteiger partial charge in [-0.1, -0.05) is 36.4 Å². The molecule has 2 nitrogen and oxygen atoms in total. The van der Waals surface area contributed by atoms with Crippen LogP contribution in [0.3, 0.4) is 0 Å². The van der Waals surface area contributed by atoms with E-state index in [0.29, 0.717) is 6.10 Å². The van der Waals surface area contributed by atoms with Crippen LogP contribution in [0, 0.1) is 0 Å². The Balaban J connectivity index is 1.89. The Hall–Kier alpha value is -1.54. The van der Waals surface area contributed by atoms with Crippen LogP contribution in [0.2, 0.25) is 0 Å². The van der Waals surface area contributed by atoms with E-state index in [2.05, 4.69) is 47.8 Å². The zero-order valence-electron chi connectivity index (χ0n) is 9.86. The standard InChI is InChI=1S/C15H17NO/c1-2-8-14-12(5-1)6-3-9-15(14)17-13-7-4-10-16-11-13/h1-3,5-6,8-9,13,16H,4,7,10-11H2. The molecule has 2 aromatic rings. The zero-order valence-corrected chi connectivity index (χ0v) is 9.86. The van der Waals surface area contributed by atoms with Gasteiger partial charge >= 0.3 is 0 Å². The first-order valence-electron chi connectivity index (χ1n) is 6.28. The molecule has 2 aromatic carbocycles. The van der Waals surface area contributed by atoms with Crippen LogP contribution in [0.5, 0.6) is 5.75 Å². The molecule has 0 amide bonds. The van der Waals surface area contributed by atoms with Gasteiger partial charge in [0.1, 0.15) is 11.9 Å². The summed E-state index contributed by atoms with van der Waals surface area (Å²) in [5.41, 5.74) is 0. The van der Waals surface area contributed by atoms with E-state index in [1.165, 1.54) is 17.2 Å². The molecule has 3 rings (SSSR count).